The first-order chi connectivity index (χ1) is 12.9. The number of carboxylic acid groups (broad SMARTS) is 2. The Hall–Kier alpha value is -1.88. The standard InChI is InChI=1S/C22H35NO4/c1-5-9-15-23(16-10-6-2)22(8-4,19(20(24)25)21(26)27)18-14-12-11-13-17(18)7-3/h11-14,19H,5-10,15-16H2,1-4H3,(H,24,25)(H,26,27). The van der Waals surface area contributed by atoms with E-state index in [1.165, 1.54) is 0 Å². The molecule has 0 spiro atoms. The van der Waals surface area contributed by atoms with Gasteiger partial charge in [-0.25, -0.2) is 0 Å². The van der Waals surface area contributed by atoms with Crippen molar-refractivity contribution < 1.29 is 19.8 Å². The predicted molar refractivity (Wildman–Crippen MR) is 108 cm³/mol. The molecular weight excluding hydrogens is 342 g/mol. The fourth-order valence-electron chi connectivity index (χ4n) is 4.10. The van der Waals surface area contributed by atoms with E-state index in [-0.39, 0.29) is 0 Å². The molecule has 0 aliphatic heterocycles. The smallest absolute Gasteiger partial charge is 0.320 e. The number of unbranched alkanes of at least 4 members (excludes halogenated alkanes) is 2. The maximum Gasteiger partial charge on any atom is 0.320 e. The van der Waals surface area contributed by atoms with Crippen molar-refractivity contribution in [3.05, 3.63) is 35.4 Å². The van der Waals surface area contributed by atoms with Crippen LogP contribution in [0.5, 0.6) is 0 Å². The highest BCUT2D eigenvalue weighted by Crippen LogP contribution is 2.42. The van der Waals surface area contributed by atoms with E-state index in [9.17, 15) is 19.8 Å². The van der Waals surface area contributed by atoms with Crippen LogP contribution in [0.2, 0.25) is 0 Å². The average molecular weight is 378 g/mol. The third-order valence-corrected chi connectivity index (χ3v) is 5.50. The van der Waals surface area contributed by atoms with E-state index in [2.05, 4.69) is 18.7 Å². The molecule has 1 rings (SSSR count). The van der Waals surface area contributed by atoms with Gasteiger partial charge in [0.15, 0.2) is 5.92 Å². The Labute approximate surface area is 163 Å². The average Bonchev–Trinajstić information content (AvgIpc) is 2.65. The molecule has 0 bridgehead atoms. The van der Waals surface area contributed by atoms with Gasteiger partial charge in [0.2, 0.25) is 0 Å². The lowest BCUT2D eigenvalue weighted by atomic mass is 9.72. The van der Waals surface area contributed by atoms with Gasteiger partial charge in [-0.2, -0.15) is 0 Å². The highest BCUT2D eigenvalue weighted by atomic mass is 16.4. The molecule has 1 aromatic rings. The van der Waals surface area contributed by atoms with Gasteiger partial charge in [0, 0.05) is 0 Å². The van der Waals surface area contributed by atoms with Gasteiger partial charge < -0.3 is 10.2 Å². The van der Waals surface area contributed by atoms with Crippen LogP contribution in [-0.2, 0) is 21.5 Å². The monoisotopic (exact) mass is 377 g/mol. The van der Waals surface area contributed by atoms with Gasteiger partial charge in [0.1, 0.15) is 0 Å². The first-order valence-electron chi connectivity index (χ1n) is 10.2. The zero-order valence-electron chi connectivity index (χ0n) is 17.2. The summed E-state index contributed by atoms with van der Waals surface area (Å²) in [6, 6.07) is 7.73. The Kier molecular flexibility index (Phi) is 9.50. The maximum atomic E-state index is 12.2. The largest absolute Gasteiger partial charge is 0.481 e. The van der Waals surface area contributed by atoms with Crippen LogP contribution in [0.3, 0.4) is 0 Å². The molecular formula is C22H35NO4. The summed E-state index contributed by atoms with van der Waals surface area (Å²) in [5.41, 5.74) is 0.802. The van der Waals surface area contributed by atoms with E-state index in [0.717, 1.165) is 43.2 Å². The van der Waals surface area contributed by atoms with E-state index in [4.69, 9.17) is 0 Å². The Morgan fingerprint density at radius 1 is 0.963 bits per heavy atom. The normalized spacial score (nSPS) is 13.7. The molecule has 0 heterocycles. The lowest BCUT2D eigenvalue weighted by Gasteiger charge is -2.47. The van der Waals surface area contributed by atoms with Crippen LogP contribution in [0.1, 0.15) is 70.9 Å². The molecule has 0 radical (unpaired) electrons. The zero-order valence-corrected chi connectivity index (χ0v) is 17.2. The topological polar surface area (TPSA) is 77.8 Å². The molecule has 0 fully saturated rings. The Balaban J connectivity index is 3.74. The number of benzene rings is 1. The Bertz CT molecular complexity index is 594. The molecule has 5 heteroatoms. The number of rotatable bonds is 13. The van der Waals surface area contributed by atoms with Gasteiger partial charge in [0.05, 0.1) is 5.54 Å². The second kappa shape index (κ2) is 11.1. The minimum atomic E-state index is -1.51. The molecule has 27 heavy (non-hydrogen) atoms. The summed E-state index contributed by atoms with van der Waals surface area (Å²) in [7, 11) is 0. The van der Waals surface area contributed by atoms with Crippen molar-refractivity contribution in [2.45, 2.75) is 71.8 Å². The van der Waals surface area contributed by atoms with Crippen LogP contribution < -0.4 is 0 Å². The first kappa shape index (κ1) is 23.2. The third-order valence-electron chi connectivity index (χ3n) is 5.50. The van der Waals surface area contributed by atoms with Crippen LogP contribution >= 0.6 is 0 Å². The lowest BCUT2D eigenvalue weighted by molar-refractivity contribution is -0.164. The summed E-state index contributed by atoms with van der Waals surface area (Å²) in [5, 5.41) is 19.9. The number of carbonyl (C=O) groups is 2. The number of nitrogens with zero attached hydrogens (tertiary/aromatic N) is 1. The number of aryl methyl sites for hydroxylation is 1. The minimum Gasteiger partial charge on any atom is -0.481 e. The molecule has 0 aromatic heterocycles. The van der Waals surface area contributed by atoms with Crippen molar-refractivity contribution in [1.29, 1.82) is 0 Å². The zero-order chi connectivity index (χ0) is 20.4. The van der Waals surface area contributed by atoms with E-state index in [1.54, 1.807) is 0 Å². The highest BCUT2D eigenvalue weighted by Gasteiger charge is 2.52. The summed E-state index contributed by atoms with van der Waals surface area (Å²) < 4.78 is 0. The van der Waals surface area contributed by atoms with Gasteiger partial charge in [-0.1, -0.05) is 64.8 Å². The summed E-state index contributed by atoms with van der Waals surface area (Å²) in [6.07, 6.45) is 4.93. The van der Waals surface area contributed by atoms with Gasteiger partial charge >= 0.3 is 11.9 Å². The molecule has 2 N–H and O–H groups in total. The molecule has 5 nitrogen and oxygen atoms in total. The van der Waals surface area contributed by atoms with Gasteiger partial charge in [-0.15, -0.1) is 0 Å². The summed E-state index contributed by atoms with van der Waals surface area (Å²) in [4.78, 5) is 26.5. The molecule has 0 aliphatic carbocycles. The second-order valence-corrected chi connectivity index (χ2v) is 7.09. The van der Waals surface area contributed by atoms with Crippen LogP contribution in [-0.4, -0.2) is 40.1 Å². The van der Waals surface area contributed by atoms with Crippen molar-refractivity contribution in [1.82, 2.24) is 4.90 Å². The number of hydrogen-bond acceptors (Lipinski definition) is 3. The number of aliphatic carboxylic acids is 2. The molecule has 0 aliphatic rings. The van der Waals surface area contributed by atoms with E-state index in [0.29, 0.717) is 19.5 Å². The molecule has 0 saturated carbocycles. The maximum absolute atomic E-state index is 12.2. The van der Waals surface area contributed by atoms with E-state index < -0.39 is 23.4 Å². The first-order valence-corrected chi connectivity index (χ1v) is 10.2. The Morgan fingerprint density at radius 2 is 1.48 bits per heavy atom. The minimum absolute atomic E-state index is 0.431. The number of carboxylic acids is 2. The van der Waals surface area contributed by atoms with Crippen LogP contribution in [0.4, 0.5) is 0 Å². The van der Waals surface area contributed by atoms with Crippen molar-refractivity contribution in [3.8, 4) is 0 Å². The molecule has 152 valence electrons. The summed E-state index contributed by atoms with van der Waals surface area (Å²) in [6.45, 7) is 9.52. The van der Waals surface area contributed by atoms with Gasteiger partial charge in [-0.3, -0.25) is 14.5 Å². The van der Waals surface area contributed by atoms with Gasteiger partial charge in [0.25, 0.3) is 0 Å². The number of hydrogen-bond donors (Lipinski definition) is 2. The van der Waals surface area contributed by atoms with Gasteiger partial charge in [-0.05, 0) is 49.9 Å². The van der Waals surface area contributed by atoms with Crippen LogP contribution in [0, 0.1) is 5.92 Å². The van der Waals surface area contributed by atoms with Crippen molar-refractivity contribution in [2.24, 2.45) is 5.92 Å². The fourth-order valence-corrected chi connectivity index (χ4v) is 4.10. The summed E-state index contributed by atoms with van der Waals surface area (Å²) in [5.74, 6) is -4.05. The molecule has 0 amide bonds. The molecule has 1 unspecified atom stereocenters. The van der Waals surface area contributed by atoms with Crippen LogP contribution in [0.25, 0.3) is 0 Å². The SMILES string of the molecule is CCCCN(CCCC)C(CC)(c1ccccc1CC)C(C(=O)O)C(=O)O. The quantitative estimate of drug-likeness (QED) is 0.493. The van der Waals surface area contributed by atoms with Crippen molar-refractivity contribution in [2.75, 3.05) is 13.1 Å². The molecule has 1 atom stereocenters. The van der Waals surface area contributed by atoms with E-state index in [1.807, 2.05) is 38.1 Å². The third kappa shape index (κ3) is 5.10. The van der Waals surface area contributed by atoms with Crippen molar-refractivity contribution in [3.63, 3.8) is 0 Å². The Morgan fingerprint density at radius 3 is 1.89 bits per heavy atom. The van der Waals surface area contributed by atoms with Crippen LogP contribution in [0.15, 0.2) is 24.3 Å². The van der Waals surface area contributed by atoms with Crippen molar-refractivity contribution >= 4 is 11.9 Å². The highest BCUT2D eigenvalue weighted by molar-refractivity contribution is 5.95. The lowest BCUT2D eigenvalue weighted by Crippen LogP contribution is -2.57. The fraction of sp³-hybridized carbons (Fsp3) is 0.636. The molecule has 1 aromatic carbocycles. The summed E-state index contributed by atoms with van der Waals surface area (Å²) >= 11 is 0. The predicted octanol–water partition coefficient (Wildman–Crippen LogP) is 4.54. The van der Waals surface area contributed by atoms with E-state index >= 15 is 0 Å². The second-order valence-electron chi connectivity index (χ2n) is 7.09. The molecule has 0 saturated heterocycles.